The average Bonchev–Trinajstić information content (AvgIpc) is 2.11. The molecule has 0 unspecified atom stereocenters. The SMILES string of the molecule is COc1cc(C)c(N=C=O)cc1C. The maximum absolute atomic E-state index is 10.1. The predicted molar refractivity (Wildman–Crippen MR) is 50.2 cm³/mol. The van der Waals surface area contributed by atoms with Crippen molar-refractivity contribution in [2.75, 3.05) is 7.11 Å². The van der Waals surface area contributed by atoms with E-state index in [4.69, 9.17) is 4.74 Å². The van der Waals surface area contributed by atoms with E-state index in [-0.39, 0.29) is 0 Å². The molecule has 0 aliphatic carbocycles. The number of isocyanates is 1. The molecule has 0 aromatic heterocycles. The maximum atomic E-state index is 10.1. The molecule has 0 aliphatic heterocycles. The van der Waals surface area contributed by atoms with Gasteiger partial charge in [0.05, 0.1) is 12.8 Å². The molecule has 0 fully saturated rings. The molecule has 0 aliphatic rings. The van der Waals surface area contributed by atoms with Crippen LogP contribution >= 0.6 is 0 Å². The number of aryl methyl sites for hydroxylation is 2. The van der Waals surface area contributed by atoms with Crippen molar-refractivity contribution in [2.45, 2.75) is 13.8 Å². The van der Waals surface area contributed by atoms with Gasteiger partial charge in [-0.25, -0.2) is 4.79 Å². The van der Waals surface area contributed by atoms with Crippen molar-refractivity contribution in [3.05, 3.63) is 23.3 Å². The number of ether oxygens (including phenoxy) is 1. The van der Waals surface area contributed by atoms with E-state index in [2.05, 4.69) is 4.99 Å². The quantitative estimate of drug-likeness (QED) is 0.513. The fraction of sp³-hybridized carbons (Fsp3) is 0.300. The first kappa shape index (κ1) is 9.49. The van der Waals surface area contributed by atoms with Crippen molar-refractivity contribution in [2.24, 2.45) is 4.99 Å². The average molecular weight is 177 g/mol. The van der Waals surface area contributed by atoms with Gasteiger partial charge in [-0.2, -0.15) is 4.99 Å². The lowest BCUT2D eigenvalue weighted by molar-refractivity contribution is 0.411. The summed E-state index contributed by atoms with van der Waals surface area (Å²) in [6.45, 7) is 3.78. The molecule has 0 atom stereocenters. The van der Waals surface area contributed by atoms with Crippen LogP contribution in [0.1, 0.15) is 11.1 Å². The van der Waals surface area contributed by atoms with Gasteiger partial charge in [0, 0.05) is 0 Å². The van der Waals surface area contributed by atoms with E-state index in [1.54, 1.807) is 13.2 Å². The molecule has 0 saturated heterocycles. The number of benzene rings is 1. The van der Waals surface area contributed by atoms with Gasteiger partial charge in [-0.15, -0.1) is 0 Å². The van der Waals surface area contributed by atoms with E-state index in [0.29, 0.717) is 5.69 Å². The van der Waals surface area contributed by atoms with Crippen LogP contribution in [0.3, 0.4) is 0 Å². The summed E-state index contributed by atoms with van der Waals surface area (Å²) in [5, 5.41) is 0. The van der Waals surface area contributed by atoms with Crippen molar-refractivity contribution in [3.63, 3.8) is 0 Å². The van der Waals surface area contributed by atoms with Crippen LogP contribution in [0.5, 0.6) is 5.75 Å². The highest BCUT2D eigenvalue weighted by Crippen LogP contribution is 2.27. The van der Waals surface area contributed by atoms with E-state index in [1.165, 1.54) is 6.08 Å². The second-order valence-electron chi connectivity index (χ2n) is 2.81. The minimum Gasteiger partial charge on any atom is -0.496 e. The van der Waals surface area contributed by atoms with Crippen LogP contribution in [0.2, 0.25) is 0 Å². The number of hydrogen-bond acceptors (Lipinski definition) is 3. The Balaban J connectivity index is 3.27. The van der Waals surface area contributed by atoms with Crippen LogP contribution in [-0.4, -0.2) is 13.2 Å². The lowest BCUT2D eigenvalue weighted by atomic mass is 10.1. The highest BCUT2D eigenvalue weighted by Gasteiger charge is 2.03. The van der Waals surface area contributed by atoms with Crippen LogP contribution in [0.15, 0.2) is 17.1 Å². The summed E-state index contributed by atoms with van der Waals surface area (Å²) in [5.74, 6) is 0.808. The standard InChI is InChI=1S/C10H11NO2/c1-7-5-10(13-3)8(2)4-9(7)11-6-12/h4-5H,1-3H3. The molecule has 13 heavy (non-hydrogen) atoms. The fourth-order valence-electron chi connectivity index (χ4n) is 1.16. The van der Waals surface area contributed by atoms with Gasteiger partial charge >= 0.3 is 0 Å². The summed E-state index contributed by atoms with van der Waals surface area (Å²) in [6, 6.07) is 3.66. The summed E-state index contributed by atoms with van der Waals surface area (Å²) in [7, 11) is 1.62. The topological polar surface area (TPSA) is 38.7 Å². The lowest BCUT2D eigenvalue weighted by Gasteiger charge is -2.06. The Hall–Kier alpha value is -1.60. The maximum Gasteiger partial charge on any atom is 0.240 e. The van der Waals surface area contributed by atoms with Gasteiger partial charge in [-0.05, 0) is 37.1 Å². The highest BCUT2D eigenvalue weighted by atomic mass is 16.5. The third-order valence-electron chi connectivity index (χ3n) is 1.88. The molecular weight excluding hydrogens is 166 g/mol. The third kappa shape index (κ3) is 1.95. The Morgan fingerprint density at radius 1 is 1.31 bits per heavy atom. The van der Waals surface area contributed by atoms with Gasteiger partial charge in [-0.1, -0.05) is 0 Å². The molecular formula is C10H11NO2. The molecule has 3 heteroatoms. The molecule has 1 aromatic rings. The van der Waals surface area contributed by atoms with Crippen molar-refractivity contribution in [3.8, 4) is 5.75 Å². The van der Waals surface area contributed by atoms with Crippen molar-refractivity contribution >= 4 is 11.8 Å². The molecule has 1 aromatic carbocycles. The van der Waals surface area contributed by atoms with Crippen molar-refractivity contribution < 1.29 is 9.53 Å². The largest absolute Gasteiger partial charge is 0.496 e. The van der Waals surface area contributed by atoms with E-state index >= 15 is 0 Å². The number of hydrogen-bond donors (Lipinski definition) is 0. The van der Waals surface area contributed by atoms with Gasteiger partial charge in [0.2, 0.25) is 6.08 Å². The fourth-order valence-corrected chi connectivity index (χ4v) is 1.16. The first-order valence-electron chi connectivity index (χ1n) is 3.92. The Morgan fingerprint density at radius 3 is 2.54 bits per heavy atom. The summed E-state index contributed by atoms with van der Waals surface area (Å²) >= 11 is 0. The summed E-state index contributed by atoms with van der Waals surface area (Å²) in [5.41, 5.74) is 2.52. The highest BCUT2D eigenvalue weighted by molar-refractivity contribution is 5.57. The zero-order chi connectivity index (χ0) is 9.84. The van der Waals surface area contributed by atoms with Gasteiger partial charge in [0.25, 0.3) is 0 Å². The monoisotopic (exact) mass is 177 g/mol. The number of aliphatic imine (C=N–C) groups is 1. The Labute approximate surface area is 77.1 Å². The van der Waals surface area contributed by atoms with Gasteiger partial charge in [0.1, 0.15) is 5.75 Å². The van der Waals surface area contributed by atoms with E-state index in [0.717, 1.165) is 16.9 Å². The molecule has 0 heterocycles. The van der Waals surface area contributed by atoms with Crippen LogP contribution in [0.4, 0.5) is 5.69 Å². The zero-order valence-corrected chi connectivity index (χ0v) is 7.92. The van der Waals surface area contributed by atoms with Gasteiger partial charge in [-0.3, -0.25) is 0 Å². The lowest BCUT2D eigenvalue weighted by Crippen LogP contribution is -1.88. The Bertz CT molecular complexity index is 365. The summed E-state index contributed by atoms with van der Waals surface area (Å²) in [4.78, 5) is 13.7. The smallest absolute Gasteiger partial charge is 0.240 e. The number of carbonyl (C=O) groups excluding carboxylic acids is 1. The summed E-state index contributed by atoms with van der Waals surface area (Å²) in [6.07, 6.45) is 1.52. The normalized spacial score (nSPS) is 9.15. The first-order valence-corrected chi connectivity index (χ1v) is 3.92. The van der Waals surface area contributed by atoms with Crippen LogP contribution in [-0.2, 0) is 4.79 Å². The predicted octanol–water partition coefficient (Wildman–Crippen LogP) is 2.28. The number of methoxy groups -OCH3 is 1. The zero-order valence-electron chi connectivity index (χ0n) is 7.92. The molecule has 0 saturated carbocycles. The Morgan fingerprint density at radius 2 is 2.00 bits per heavy atom. The van der Waals surface area contributed by atoms with Gasteiger partial charge in [0.15, 0.2) is 0 Å². The van der Waals surface area contributed by atoms with Crippen LogP contribution in [0.25, 0.3) is 0 Å². The van der Waals surface area contributed by atoms with E-state index in [9.17, 15) is 4.79 Å². The molecule has 3 nitrogen and oxygen atoms in total. The molecule has 0 bridgehead atoms. The van der Waals surface area contributed by atoms with E-state index < -0.39 is 0 Å². The second kappa shape index (κ2) is 3.87. The first-order chi connectivity index (χ1) is 6.19. The molecule has 0 spiro atoms. The van der Waals surface area contributed by atoms with E-state index in [1.807, 2.05) is 19.9 Å². The minimum absolute atomic E-state index is 0.647. The minimum atomic E-state index is 0.647. The molecule has 1 rings (SSSR count). The third-order valence-corrected chi connectivity index (χ3v) is 1.88. The van der Waals surface area contributed by atoms with Crippen LogP contribution in [0, 0.1) is 13.8 Å². The van der Waals surface area contributed by atoms with Gasteiger partial charge < -0.3 is 4.74 Å². The second-order valence-corrected chi connectivity index (χ2v) is 2.81. The van der Waals surface area contributed by atoms with Crippen molar-refractivity contribution in [1.29, 1.82) is 0 Å². The van der Waals surface area contributed by atoms with Crippen LogP contribution < -0.4 is 4.74 Å². The Kier molecular flexibility index (Phi) is 2.83. The van der Waals surface area contributed by atoms with Crippen molar-refractivity contribution in [1.82, 2.24) is 0 Å². The molecule has 68 valence electrons. The summed E-state index contributed by atoms with van der Waals surface area (Å²) < 4.78 is 5.12. The molecule has 0 N–H and O–H groups in total. The number of nitrogens with zero attached hydrogens (tertiary/aromatic N) is 1. The molecule has 0 radical (unpaired) electrons. The molecule has 0 amide bonds. The number of rotatable bonds is 2.